The summed E-state index contributed by atoms with van der Waals surface area (Å²) in [6.45, 7) is 2.02. The quantitative estimate of drug-likeness (QED) is 0.640. The Morgan fingerprint density at radius 2 is 1.31 bits per heavy atom. The number of hydroxylamine groups is 1. The van der Waals surface area contributed by atoms with Gasteiger partial charge in [-0.2, -0.15) is 0 Å². The fraction of sp³-hybridized carbons (Fsp3) is 0.167. The molecule has 2 aliphatic rings. The van der Waals surface area contributed by atoms with E-state index in [-0.39, 0.29) is 17.9 Å². The van der Waals surface area contributed by atoms with Crippen molar-refractivity contribution in [2.75, 3.05) is 9.96 Å². The summed E-state index contributed by atoms with van der Waals surface area (Å²) in [6.07, 6.45) is -0.839. The zero-order valence-corrected chi connectivity index (χ0v) is 15.9. The Morgan fingerprint density at radius 3 is 1.93 bits per heavy atom. The van der Waals surface area contributed by atoms with Crippen molar-refractivity contribution in [3.8, 4) is 0 Å². The number of nitrogens with zero attached hydrogens (tertiary/aromatic N) is 2. The number of hydrogen-bond donors (Lipinski definition) is 0. The first-order valence-corrected chi connectivity index (χ1v) is 9.65. The number of fused-ring (bicyclic) bond motifs is 1. The van der Waals surface area contributed by atoms with Crippen molar-refractivity contribution in [1.82, 2.24) is 0 Å². The molecule has 3 atom stereocenters. The molecule has 0 radical (unpaired) electrons. The summed E-state index contributed by atoms with van der Waals surface area (Å²) in [5.74, 6) is -1.15. The first-order chi connectivity index (χ1) is 14.1. The average Bonchev–Trinajstić information content (AvgIpc) is 3.26. The molecule has 29 heavy (non-hydrogen) atoms. The highest BCUT2D eigenvalue weighted by atomic mass is 16.7. The van der Waals surface area contributed by atoms with E-state index in [1.807, 2.05) is 79.7 Å². The van der Waals surface area contributed by atoms with Gasteiger partial charge in [-0.25, -0.2) is 9.96 Å². The minimum atomic E-state index is -0.839. The molecule has 2 saturated heterocycles. The number of para-hydroxylation sites is 2. The summed E-state index contributed by atoms with van der Waals surface area (Å²) in [4.78, 5) is 34.0. The highest BCUT2D eigenvalue weighted by molar-refractivity contribution is 6.23. The third-order valence-corrected chi connectivity index (χ3v) is 5.56. The number of benzene rings is 3. The largest absolute Gasteiger partial charge is 0.273 e. The Morgan fingerprint density at radius 1 is 0.724 bits per heavy atom. The first kappa shape index (κ1) is 17.6. The zero-order chi connectivity index (χ0) is 20.0. The van der Waals surface area contributed by atoms with E-state index in [4.69, 9.17) is 4.84 Å². The molecule has 3 aromatic carbocycles. The predicted molar refractivity (Wildman–Crippen MR) is 110 cm³/mol. The molecule has 2 amide bonds. The van der Waals surface area contributed by atoms with Crippen LogP contribution >= 0.6 is 0 Å². The molecule has 5 nitrogen and oxygen atoms in total. The van der Waals surface area contributed by atoms with Gasteiger partial charge in [0.15, 0.2) is 6.10 Å². The second-order valence-electron chi connectivity index (χ2n) is 7.42. The second-order valence-corrected chi connectivity index (χ2v) is 7.42. The molecule has 0 spiro atoms. The van der Waals surface area contributed by atoms with Gasteiger partial charge >= 0.3 is 0 Å². The summed E-state index contributed by atoms with van der Waals surface area (Å²) in [5.41, 5.74) is 3.48. The normalized spacial score (nSPS) is 23.6. The van der Waals surface area contributed by atoms with Crippen LogP contribution in [-0.2, 0) is 14.4 Å². The van der Waals surface area contributed by atoms with Crippen LogP contribution in [0.2, 0.25) is 0 Å². The van der Waals surface area contributed by atoms with Gasteiger partial charge in [0.1, 0.15) is 5.92 Å². The molecular weight excluding hydrogens is 364 g/mol. The van der Waals surface area contributed by atoms with Gasteiger partial charge < -0.3 is 0 Å². The summed E-state index contributed by atoms with van der Waals surface area (Å²) in [7, 11) is 0. The van der Waals surface area contributed by atoms with E-state index in [1.54, 1.807) is 17.2 Å². The Bertz CT molecular complexity index is 1050. The van der Waals surface area contributed by atoms with Crippen molar-refractivity contribution in [1.29, 1.82) is 0 Å². The van der Waals surface area contributed by atoms with E-state index in [0.29, 0.717) is 5.69 Å². The van der Waals surface area contributed by atoms with Crippen LogP contribution in [0.15, 0.2) is 84.9 Å². The summed E-state index contributed by atoms with van der Waals surface area (Å²) in [5, 5.41) is 1.72. The molecule has 5 rings (SSSR count). The number of hydrogen-bond acceptors (Lipinski definition) is 4. The van der Waals surface area contributed by atoms with E-state index < -0.39 is 12.0 Å². The number of aryl methyl sites for hydroxylation is 1. The lowest BCUT2D eigenvalue weighted by molar-refractivity contribution is -0.126. The maximum Gasteiger partial charge on any atom is 0.266 e. The van der Waals surface area contributed by atoms with E-state index >= 15 is 0 Å². The lowest BCUT2D eigenvalue weighted by atomic mass is 9.90. The topological polar surface area (TPSA) is 49.9 Å². The van der Waals surface area contributed by atoms with Crippen molar-refractivity contribution in [3.63, 3.8) is 0 Å². The molecule has 5 heteroatoms. The maximum atomic E-state index is 13.4. The standard InChI is InChI=1S/C24H20N2O3/c1-16-12-14-17(15-13-16)21-20-22(29-26(21)19-10-6-3-7-11-19)24(28)25(23(20)27)18-8-4-2-5-9-18/h2-15,20-22H,1H3/t20-,21+,22+/m1/s1. The molecule has 3 aromatic rings. The number of imide groups is 1. The molecule has 2 aliphatic heterocycles. The van der Waals surface area contributed by atoms with Gasteiger partial charge in [0, 0.05) is 0 Å². The Hall–Kier alpha value is -3.44. The second kappa shape index (κ2) is 6.87. The highest BCUT2D eigenvalue weighted by Crippen LogP contribution is 2.47. The van der Waals surface area contributed by atoms with E-state index in [1.165, 1.54) is 4.90 Å². The lowest BCUT2D eigenvalue weighted by Crippen LogP contribution is -2.37. The van der Waals surface area contributed by atoms with Gasteiger partial charge in [0.25, 0.3) is 5.91 Å². The van der Waals surface area contributed by atoms with Gasteiger partial charge in [-0.3, -0.25) is 14.4 Å². The third-order valence-electron chi connectivity index (χ3n) is 5.56. The van der Waals surface area contributed by atoms with Crippen LogP contribution < -0.4 is 9.96 Å². The highest BCUT2D eigenvalue weighted by Gasteiger charge is 2.60. The summed E-state index contributed by atoms with van der Waals surface area (Å²) >= 11 is 0. The van der Waals surface area contributed by atoms with E-state index in [9.17, 15) is 9.59 Å². The molecule has 144 valence electrons. The number of carbonyl (C=O) groups excluding carboxylic acids is 2. The number of anilines is 2. The van der Waals surface area contributed by atoms with Gasteiger partial charge in [-0.1, -0.05) is 66.2 Å². The molecule has 0 saturated carbocycles. The fourth-order valence-electron chi connectivity index (χ4n) is 4.15. The molecule has 0 aromatic heterocycles. The van der Waals surface area contributed by atoms with Crippen molar-refractivity contribution in [3.05, 3.63) is 96.1 Å². The van der Waals surface area contributed by atoms with Crippen LogP contribution in [0.1, 0.15) is 17.2 Å². The molecule has 2 fully saturated rings. The minimum Gasteiger partial charge on any atom is -0.273 e. The summed E-state index contributed by atoms with van der Waals surface area (Å²) < 4.78 is 0. The Labute approximate surface area is 169 Å². The third kappa shape index (κ3) is 2.82. The van der Waals surface area contributed by atoms with Crippen molar-refractivity contribution >= 4 is 23.2 Å². The smallest absolute Gasteiger partial charge is 0.266 e. The van der Waals surface area contributed by atoms with Crippen molar-refractivity contribution in [2.24, 2.45) is 5.92 Å². The lowest BCUT2D eigenvalue weighted by Gasteiger charge is -2.28. The van der Waals surface area contributed by atoms with Gasteiger partial charge in [0.05, 0.1) is 17.4 Å². The first-order valence-electron chi connectivity index (χ1n) is 9.65. The van der Waals surface area contributed by atoms with Crippen molar-refractivity contribution in [2.45, 2.75) is 19.1 Å². The van der Waals surface area contributed by atoms with Crippen LogP contribution in [-0.4, -0.2) is 17.9 Å². The van der Waals surface area contributed by atoms with Crippen LogP contribution in [0, 0.1) is 12.8 Å². The number of rotatable bonds is 3. The van der Waals surface area contributed by atoms with Crippen LogP contribution in [0.5, 0.6) is 0 Å². The SMILES string of the molecule is Cc1ccc([C@H]2[C@H]3C(=O)N(c4ccccc4)C(=O)[C@H]3ON2c2ccccc2)cc1. The van der Waals surface area contributed by atoms with Gasteiger partial charge in [-0.15, -0.1) is 0 Å². The van der Waals surface area contributed by atoms with Crippen LogP contribution in [0.25, 0.3) is 0 Å². The molecular formula is C24H20N2O3. The zero-order valence-electron chi connectivity index (χ0n) is 15.9. The predicted octanol–water partition coefficient (Wildman–Crippen LogP) is 4.05. The van der Waals surface area contributed by atoms with Crippen molar-refractivity contribution < 1.29 is 14.4 Å². The van der Waals surface area contributed by atoms with Crippen LogP contribution in [0.4, 0.5) is 11.4 Å². The number of amides is 2. The minimum absolute atomic E-state index is 0.227. The molecule has 0 bridgehead atoms. The van der Waals surface area contributed by atoms with E-state index in [0.717, 1.165) is 16.8 Å². The monoisotopic (exact) mass is 384 g/mol. The average molecular weight is 384 g/mol. The Kier molecular flexibility index (Phi) is 4.18. The van der Waals surface area contributed by atoms with Gasteiger partial charge in [-0.05, 0) is 36.8 Å². The van der Waals surface area contributed by atoms with Gasteiger partial charge in [0.2, 0.25) is 5.91 Å². The molecule has 0 N–H and O–H groups in total. The summed E-state index contributed by atoms with van der Waals surface area (Å²) in [6, 6.07) is 26.3. The Balaban J connectivity index is 1.59. The van der Waals surface area contributed by atoms with E-state index in [2.05, 4.69) is 0 Å². The molecule has 0 unspecified atom stereocenters. The fourth-order valence-corrected chi connectivity index (χ4v) is 4.15. The van der Waals surface area contributed by atoms with Crippen LogP contribution in [0.3, 0.4) is 0 Å². The molecule has 2 heterocycles. The molecule has 0 aliphatic carbocycles. The number of carbonyl (C=O) groups is 2. The maximum absolute atomic E-state index is 13.4.